The van der Waals surface area contributed by atoms with Crippen molar-refractivity contribution in [1.29, 1.82) is 0 Å². The topological polar surface area (TPSA) is 81.6 Å². The van der Waals surface area contributed by atoms with E-state index in [1.54, 1.807) is 28.4 Å². The molecular weight excluding hydrogens is 477 g/mol. The maximum Gasteiger partial charge on any atom is 0.310 e. The maximum atomic E-state index is 11.9. The summed E-state index contributed by atoms with van der Waals surface area (Å²) in [6.07, 6.45) is 0. The second-order valence-electron chi connectivity index (χ2n) is 6.42. The largest absolute Gasteiger partial charge is 0.496 e. The highest BCUT2D eigenvalue weighted by Gasteiger charge is 2.36. The van der Waals surface area contributed by atoms with Gasteiger partial charge in [-0.3, -0.25) is 9.79 Å². The summed E-state index contributed by atoms with van der Waals surface area (Å²) >= 11 is 0. The van der Waals surface area contributed by atoms with Gasteiger partial charge in [0.2, 0.25) is 0 Å². The Morgan fingerprint density at radius 2 is 1.75 bits per heavy atom. The second kappa shape index (κ2) is 11.2. The third-order valence-electron chi connectivity index (χ3n) is 4.87. The van der Waals surface area contributed by atoms with Crippen molar-refractivity contribution in [3.63, 3.8) is 0 Å². The summed E-state index contributed by atoms with van der Waals surface area (Å²) < 4.78 is 21.2. The van der Waals surface area contributed by atoms with Crippen LogP contribution in [-0.2, 0) is 16.1 Å². The molecule has 2 atom stereocenters. The van der Waals surface area contributed by atoms with Gasteiger partial charge in [0.15, 0.2) is 5.96 Å². The van der Waals surface area contributed by atoms with Crippen LogP contribution in [0.15, 0.2) is 17.1 Å². The number of guanidine groups is 1. The molecule has 1 aromatic rings. The molecule has 0 amide bonds. The van der Waals surface area contributed by atoms with E-state index in [-0.39, 0.29) is 41.8 Å². The van der Waals surface area contributed by atoms with Crippen LogP contribution in [0.2, 0.25) is 0 Å². The van der Waals surface area contributed by atoms with E-state index in [0.29, 0.717) is 36.3 Å². The number of hydrogen-bond acceptors (Lipinski definition) is 6. The molecule has 28 heavy (non-hydrogen) atoms. The van der Waals surface area contributed by atoms with Crippen LogP contribution >= 0.6 is 24.0 Å². The molecule has 1 fully saturated rings. The Balaban J connectivity index is 0.00000392. The highest BCUT2D eigenvalue weighted by molar-refractivity contribution is 14.0. The van der Waals surface area contributed by atoms with E-state index in [1.165, 1.54) is 7.11 Å². The molecule has 1 aromatic carbocycles. The summed E-state index contributed by atoms with van der Waals surface area (Å²) in [5, 5.41) is 3.34. The van der Waals surface area contributed by atoms with Crippen molar-refractivity contribution in [2.45, 2.75) is 13.5 Å². The fourth-order valence-corrected chi connectivity index (χ4v) is 3.35. The molecule has 1 heterocycles. The van der Waals surface area contributed by atoms with Crippen molar-refractivity contribution in [3.05, 3.63) is 17.7 Å². The normalized spacial score (nSPS) is 18.9. The number of aliphatic imine (C=N–C) groups is 1. The summed E-state index contributed by atoms with van der Waals surface area (Å²) in [4.78, 5) is 18.4. The summed E-state index contributed by atoms with van der Waals surface area (Å²) in [7, 11) is 7.96. The number of benzene rings is 1. The zero-order valence-electron chi connectivity index (χ0n) is 17.3. The van der Waals surface area contributed by atoms with E-state index in [0.717, 1.165) is 12.1 Å². The van der Waals surface area contributed by atoms with Crippen molar-refractivity contribution < 1.29 is 23.7 Å². The van der Waals surface area contributed by atoms with Crippen LogP contribution in [0.4, 0.5) is 0 Å². The monoisotopic (exact) mass is 507 g/mol. The minimum absolute atomic E-state index is 0. The molecule has 1 aliphatic heterocycles. The number of ether oxygens (including phenoxy) is 4. The van der Waals surface area contributed by atoms with Crippen molar-refractivity contribution in [2.75, 3.05) is 48.6 Å². The number of nitrogens with zero attached hydrogens (tertiary/aromatic N) is 2. The number of nitrogens with one attached hydrogen (secondary N) is 1. The van der Waals surface area contributed by atoms with Gasteiger partial charge in [0.05, 0.1) is 46.5 Å². The molecule has 0 saturated carbocycles. The molecule has 0 bridgehead atoms. The lowest BCUT2D eigenvalue weighted by atomic mass is 9.99. The van der Waals surface area contributed by atoms with Crippen LogP contribution in [0.25, 0.3) is 0 Å². The average Bonchev–Trinajstić information content (AvgIpc) is 3.08. The number of methoxy groups -OCH3 is 4. The van der Waals surface area contributed by atoms with Gasteiger partial charge in [-0.2, -0.15) is 0 Å². The number of halogens is 1. The lowest BCUT2D eigenvalue weighted by Crippen LogP contribution is -2.40. The number of carbonyl (C=O) groups excluding carboxylic acids is 1. The molecule has 2 rings (SSSR count). The van der Waals surface area contributed by atoms with Crippen molar-refractivity contribution in [1.82, 2.24) is 10.2 Å². The van der Waals surface area contributed by atoms with Crippen LogP contribution in [0, 0.1) is 11.8 Å². The molecule has 1 N–H and O–H groups in total. The molecule has 2 unspecified atom stereocenters. The van der Waals surface area contributed by atoms with Crippen LogP contribution in [0.1, 0.15) is 12.5 Å². The fourth-order valence-electron chi connectivity index (χ4n) is 3.35. The number of likely N-dealkylation sites (tertiary alicyclic amines) is 1. The first kappa shape index (κ1) is 24.1. The van der Waals surface area contributed by atoms with E-state index >= 15 is 0 Å². The van der Waals surface area contributed by atoms with E-state index < -0.39 is 0 Å². The minimum atomic E-state index is -0.182. The van der Waals surface area contributed by atoms with E-state index in [4.69, 9.17) is 18.9 Å². The molecule has 158 valence electrons. The molecule has 0 radical (unpaired) electrons. The molecule has 9 heteroatoms. The number of hydrogen-bond donors (Lipinski definition) is 1. The molecule has 0 aliphatic carbocycles. The lowest BCUT2D eigenvalue weighted by Gasteiger charge is -2.23. The fraction of sp³-hybridized carbons (Fsp3) is 0.579. The van der Waals surface area contributed by atoms with Gasteiger partial charge in [-0.25, -0.2) is 0 Å². The number of esters is 1. The first-order chi connectivity index (χ1) is 13.0. The third kappa shape index (κ3) is 5.33. The average molecular weight is 507 g/mol. The quantitative estimate of drug-likeness (QED) is 0.274. The summed E-state index contributed by atoms with van der Waals surface area (Å²) in [5.74, 6) is 2.56. The Morgan fingerprint density at radius 3 is 2.21 bits per heavy atom. The van der Waals surface area contributed by atoms with Gasteiger partial charge in [0, 0.05) is 32.3 Å². The van der Waals surface area contributed by atoms with Crippen LogP contribution in [0.5, 0.6) is 17.2 Å². The Kier molecular flexibility index (Phi) is 9.63. The van der Waals surface area contributed by atoms with Gasteiger partial charge in [-0.15, -0.1) is 24.0 Å². The lowest BCUT2D eigenvalue weighted by molar-refractivity contribution is -0.145. The zero-order valence-corrected chi connectivity index (χ0v) is 19.6. The summed E-state index contributed by atoms with van der Waals surface area (Å²) in [5.41, 5.74) is 0.860. The zero-order chi connectivity index (χ0) is 20.0. The van der Waals surface area contributed by atoms with Crippen molar-refractivity contribution in [2.24, 2.45) is 16.8 Å². The Hall–Kier alpha value is -1.91. The smallest absolute Gasteiger partial charge is 0.310 e. The van der Waals surface area contributed by atoms with E-state index in [2.05, 4.69) is 15.2 Å². The van der Waals surface area contributed by atoms with Gasteiger partial charge in [-0.1, -0.05) is 6.92 Å². The Bertz CT molecular complexity index is 673. The highest BCUT2D eigenvalue weighted by atomic mass is 127. The van der Waals surface area contributed by atoms with Gasteiger partial charge in [-0.05, 0) is 5.92 Å². The van der Waals surface area contributed by atoms with Crippen molar-refractivity contribution in [3.8, 4) is 17.2 Å². The summed E-state index contributed by atoms with van der Waals surface area (Å²) in [6, 6.07) is 3.63. The SMILES string of the molecule is CN=C(NCc1c(OC)cc(OC)cc1OC)N1CC(C)C(C(=O)OC)C1.I. The first-order valence-corrected chi connectivity index (χ1v) is 8.81. The predicted molar refractivity (Wildman–Crippen MR) is 118 cm³/mol. The van der Waals surface area contributed by atoms with Crippen LogP contribution in [-0.4, -0.2) is 65.4 Å². The van der Waals surface area contributed by atoms with Crippen LogP contribution < -0.4 is 19.5 Å². The minimum Gasteiger partial charge on any atom is -0.496 e. The summed E-state index contributed by atoms with van der Waals surface area (Å²) in [6.45, 7) is 3.81. The maximum absolute atomic E-state index is 11.9. The molecule has 1 saturated heterocycles. The molecular formula is C19H30IN3O5. The molecule has 0 spiro atoms. The Labute approximate surface area is 183 Å². The predicted octanol–water partition coefficient (Wildman–Crippen LogP) is 2.15. The highest BCUT2D eigenvalue weighted by Crippen LogP contribution is 2.34. The van der Waals surface area contributed by atoms with Gasteiger partial charge < -0.3 is 29.2 Å². The Morgan fingerprint density at radius 1 is 1.14 bits per heavy atom. The van der Waals surface area contributed by atoms with Gasteiger partial charge in [0.25, 0.3) is 0 Å². The van der Waals surface area contributed by atoms with Crippen molar-refractivity contribution >= 4 is 35.9 Å². The number of rotatable bonds is 6. The number of carbonyl (C=O) groups is 1. The standard InChI is InChI=1S/C19H29N3O5.HI/c1-12-10-22(11-15(12)18(23)27-6)19(20-2)21-9-14-16(25-4)7-13(24-3)8-17(14)26-5;/h7-8,12,15H,9-11H2,1-6H3,(H,20,21);1H. The van der Waals surface area contributed by atoms with Gasteiger partial charge >= 0.3 is 5.97 Å². The van der Waals surface area contributed by atoms with Gasteiger partial charge in [0.1, 0.15) is 17.2 Å². The van der Waals surface area contributed by atoms with E-state index in [9.17, 15) is 4.79 Å². The molecule has 0 aromatic heterocycles. The second-order valence-corrected chi connectivity index (χ2v) is 6.42. The van der Waals surface area contributed by atoms with Crippen LogP contribution in [0.3, 0.4) is 0 Å². The van der Waals surface area contributed by atoms with E-state index in [1.807, 2.05) is 19.1 Å². The first-order valence-electron chi connectivity index (χ1n) is 8.81. The molecule has 8 nitrogen and oxygen atoms in total. The third-order valence-corrected chi connectivity index (χ3v) is 4.87. The molecule has 1 aliphatic rings.